The minimum absolute atomic E-state index is 0.0537. The highest BCUT2D eigenvalue weighted by Gasteiger charge is 2.27. The molecule has 0 fully saturated rings. The molecule has 0 aromatic rings. The van der Waals surface area contributed by atoms with Crippen LogP contribution in [0.15, 0.2) is 48.6 Å². The Kier molecular flexibility index (Phi) is 51.2. The first-order chi connectivity index (χ1) is 34.0. The Hall–Kier alpha value is -1.54. The van der Waals surface area contributed by atoms with Crippen molar-refractivity contribution in [3.63, 3.8) is 0 Å². The van der Waals surface area contributed by atoms with Crippen LogP contribution in [0.1, 0.15) is 284 Å². The van der Waals surface area contributed by atoms with Crippen molar-refractivity contribution in [1.82, 2.24) is 5.32 Å². The zero-order valence-electron chi connectivity index (χ0n) is 47.0. The van der Waals surface area contributed by atoms with Gasteiger partial charge in [0.1, 0.15) is 13.2 Å². The van der Waals surface area contributed by atoms with Gasteiger partial charge in [-0.15, -0.1) is 0 Å². The van der Waals surface area contributed by atoms with Gasteiger partial charge < -0.3 is 19.8 Å². The number of phosphoric acid groups is 1. The van der Waals surface area contributed by atoms with Crippen LogP contribution >= 0.6 is 7.82 Å². The van der Waals surface area contributed by atoms with Crippen LogP contribution in [-0.4, -0.2) is 73.4 Å². The second kappa shape index (κ2) is 52.3. The van der Waals surface area contributed by atoms with Crippen molar-refractivity contribution in [2.45, 2.75) is 296 Å². The summed E-state index contributed by atoms with van der Waals surface area (Å²) in [5.41, 5.74) is 0. The number of aliphatic hydroxyl groups excluding tert-OH is 1. The summed E-state index contributed by atoms with van der Waals surface area (Å²) in [6.45, 7) is 4.80. The number of aliphatic hydroxyl groups is 1. The van der Waals surface area contributed by atoms with Crippen molar-refractivity contribution in [3.8, 4) is 0 Å². The minimum Gasteiger partial charge on any atom is -0.387 e. The van der Waals surface area contributed by atoms with E-state index in [9.17, 15) is 19.4 Å². The van der Waals surface area contributed by atoms with Crippen molar-refractivity contribution >= 4 is 13.7 Å². The molecule has 3 unspecified atom stereocenters. The Morgan fingerprint density at radius 2 is 0.786 bits per heavy atom. The van der Waals surface area contributed by atoms with Crippen LogP contribution in [0.25, 0.3) is 0 Å². The zero-order chi connectivity index (χ0) is 51.3. The molecular weight excluding hydrogens is 888 g/mol. The maximum Gasteiger partial charge on any atom is 0.472 e. The molecule has 0 aliphatic carbocycles. The van der Waals surface area contributed by atoms with Gasteiger partial charge >= 0.3 is 7.82 Å². The van der Waals surface area contributed by atoms with Gasteiger partial charge in [-0.2, -0.15) is 0 Å². The van der Waals surface area contributed by atoms with Gasteiger partial charge in [0.2, 0.25) is 5.91 Å². The van der Waals surface area contributed by atoms with Crippen molar-refractivity contribution < 1.29 is 32.9 Å². The molecule has 0 aliphatic heterocycles. The molecule has 0 radical (unpaired) electrons. The fraction of sp³-hybridized carbons (Fsp3) is 0.852. The second-order valence-electron chi connectivity index (χ2n) is 21.7. The van der Waals surface area contributed by atoms with Crippen molar-refractivity contribution in [3.05, 3.63) is 48.6 Å². The minimum atomic E-state index is -4.36. The Morgan fingerprint density at radius 1 is 0.471 bits per heavy atom. The van der Waals surface area contributed by atoms with E-state index in [1.165, 1.54) is 218 Å². The standard InChI is InChI=1S/C61H117N2O6P/c1-6-8-10-12-14-16-18-20-22-24-25-26-27-28-29-30-31-32-33-34-35-36-37-38-39-41-43-45-47-49-51-53-55-61(65)62-59(58-69-70(66,67)68-57-56-63(3,4)5)60(64)54-52-50-48-46-44-42-40-23-21-19-17-15-13-11-9-7-2/h21,23,28-29,44,46,52,54,59-60,64H,6-20,22,24-27,30-43,45,47-51,53,55-58H2,1-5H3,(H-,62,65,66,67)/p+1/b23-21+,29-28-,46-44+,54-52+. The second-order valence-corrected chi connectivity index (χ2v) is 23.2. The highest BCUT2D eigenvalue weighted by molar-refractivity contribution is 7.47. The first-order valence-corrected chi connectivity index (χ1v) is 31.5. The van der Waals surface area contributed by atoms with E-state index in [1.807, 2.05) is 27.2 Å². The van der Waals surface area contributed by atoms with Gasteiger partial charge in [0, 0.05) is 6.42 Å². The third kappa shape index (κ3) is 54.2. The number of nitrogens with zero attached hydrogens (tertiary/aromatic N) is 1. The normalized spacial score (nSPS) is 14.2. The maximum absolute atomic E-state index is 13.0. The van der Waals surface area contributed by atoms with Crippen LogP contribution in [0.2, 0.25) is 0 Å². The van der Waals surface area contributed by atoms with Gasteiger partial charge in [-0.1, -0.05) is 255 Å². The van der Waals surface area contributed by atoms with E-state index in [0.29, 0.717) is 17.4 Å². The third-order valence-electron chi connectivity index (χ3n) is 13.5. The molecule has 0 aliphatic rings. The van der Waals surface area contributed by atoms with Gasteiger partial charge in [-0.25, -0.2) is 4.57 Å². The molecule has 0 rings (SSSR count). The van der Waals surface area contributed by atoms with E-state index < -0.39 is 20.0 Å². The lowest BCUT2D eigenvalue weighted by Gasteiger charge is -2.25. The van der Waals surface area contributed by atoms with Gasteiger partial charge in [0.05, 0.1) is 39.9 Å². The summed E-state index contributed by atoms with van der Waals surface area (Å²) in [4.78, 5) is 23.3. The number of quaternary nitrogens is 1. The monoisotopic (exact) mass is 1010 g/mol. The molecule has 0 spiro atoms. The van der Waals surface area contributed by atoms with Gasteiger partial charge in [-0.3, -0.25) is 13.8 Å². The fourth-order valence-electron chi connectivity index (χ4n) is 8.78. The average molecular weight is 1010 g/mol. The number of phosphoric ester groups is 1. The van der Waals surface area contributed by atoms with Crippen LogP contribution in [0.3, 0.4) is 0 Å². The number of rotatable bonds is 55. The number of nitrogens with one attached hydrogen (secondary N) is 1. The lowest BCUT2D eigenvalue weighted by atomic mass is 10.0. The van der Waals surface area contributed by atoms with Crippen molar-refractivity contribution in [2.24, 2.45) is 0 Å². The number of likely N-dealkylation sites (N-methyl/N-ethyl adjacent to an activating group) is 1. The molecule has 0 heterocycles. The Bertz CT molecular complexity index is 1280. The lowest BCUT2D eigenvalue weighted by molar-refractivity contribution is -0.870. The number of allylic oxidation sites excluding steroid dienone is 7. The van der Waals surface area contributed by atoms with Crippen LogP contribution < -0.4 is 5.32 Å². The number of hydrogen-bond donors (Lipinski definition) is 3. The molecule has 3 atom stereocenters. The molecule has 0 aromatic carbocycles. The van der Waals surface area contributed by atoms with Crippen LogP contribution in [0, 0.1) is 0 Å². The molecule has 1 amide bonds. The molecule has 9 heteroatoms. The summed E-state index contributed by atoms with van der Waals surface area (Å²) in [5.74, 6) is -0.188. The summed E-state index contributed by atoms with van der Waals surface area (Å²) >= 11 is 0. The number of amides is 1. The lowest BCUT2D eigenvalue weighted by Crippen LogP contribution is -2.45. The molecule has 0 saturated carbocycles. The largest absolute Gasteiger partial charge is 0.472 e. The summed E-state index contributed by atoms with van der Waals surface area (Å²) in [6, 6.07) is -0.869. The van der Waals surface area contributed by atoms with Crippen molar-refractivity contribution in [2.75, 3.05) is 40.9 Å². The van der Waals surface area contributed by atoms with E-state index in [2.05, 4.69) is 55.6 Å². The molecule has 412 valence electrons. The Balaban J connectivity index is 4.08. The van der Waals surface area contributed by atoms with Gasteiger partial charge in [-0.05, 0) is 70.6 Å². The van der Waals surface area contributed by atoms with E-state index in [4.69, 9.17) is 9.05 Å². The molecule has 0 bridgehead atoms. The molecule has 3 N–H and O–H groups in total. The topological polar surface area (TPSA) is 105 Å². The maximum atomic E-state index is 13.0. The van der Waals surface area contributed by atoms with Gasteiger partial charge in [0.15, 0.2) is 0 Å². The smallest absolute Gasteiger partial charge is 0.387 e. The molecule has 0 aromatic heterocycles. The summed E-state index contributed by atoms with van der Waals surface area (Å²) in [7, 11) is 1.55. The first kappa shape index (κ1) is 68.5. The van der Waals surface area contributed by atoms with Crippen LogP contribution in [0.5, 0.6) is 0 Å². The summed E-state index contributed by atoms with van der Waals surface area (Å²) < 4.78 is 23.7. The quantitative estimate of drug-likeness (QED) is 0.0243. The predicted octanol–water partition coefficient (Wildman–Crippen LogP) is 18.3. The summed E-state index contributed by atoms with van der Waals surface area (Å²) in [5, 5.41) is 13.9. The number of hydrogen-bond acceptors (Lipinski definition) is 5. The molecular formula is C61H118N2O6P+. The number of unbranched alkanes of at least 4 members (excludes halogenated alkanes) is 36. The predicted molar refractivity (Wildman–Crippen MR) is 304 cm³/mol. The van der Waals surface area contributed by atoms with E-state index >= 15 is 0 Å². The number of carbonyl (C=O) groups excluding carboxylic acids is 1. The van der Waals surface area contributed by atoms with E-state index in [1.54, 1.807) is 6.08 Å². The van der Waals surface area contributed by atoms with E-state index in [0.717, 1.165) is 44.9 Å². The highest BCUT2D eigenvalue weighted by atomic mass is 31.2. The molecule has 0 saturated heterocycles. The van der Waals surface area contributed by atoms with Crippen LogP contribution in [0.4, 0.5) is 0 Å². The SMILES string of the molecule is CCCCCCCC/C=C/CC/C=C/CC/C=C/C(O)C(COP(=O)(O)OCC[N+](C)(C)C)NC(=O)CCCCCCCCCCCCCCCCCC/C=C\CCCCCCCCCCCCCC. The zero-order valence-corrected chi connectivity index (χ0v) is 47.9. The summed E-state index contributed by atoms with van der Waals surface area (Å²) in [6.07, 6.45) is 69.5. The average Bonchev–Trinajstić information content (AvgIpc) is 3.32. The Morgan fingerprint density at radius 3 is 1.14 bits per heavy atom. The number of carbonyl (C=O) groups is 1. The van der Waals surface area contributed by atoms with Crippen LogP contribution in [-0.2, 0) is 18.4 Å². The Labute approximate surface area is 435 Å². The van der Waals surface area contributed by atoms with Crippen molar-refractivity contribution in [1.29, 1.82) is 0 Å². The third-order valence-corrected chi connectivity index (χ3v) is 14.5. The molecule has 70 heavy (non-hydrogen) atoms. The molecule has 8 nitrogen and oxygen atoms in total. The first-order valence-electron chi connectivity index (χ1n) is 30.0. The van der Waals surface area contributed by atoms with Gasteiger partial charge in [0.25, 0.3) is 0 Å². The van der Waals surface area contributed by atoms with E-state index in [-0.39, 0.29) is 19.1 Å². The fourth-order valence-corrected chi connectivity index (χ4v) is 9.51. The highest BCUT2D eigenvalue weighted by Crippen LogP contribution is 2.43.